The number of nitrogens with one attached hydrogen (secondary N) is 1. The van der Waals surface area contributed by atoms with Gasteiger partial charge in [-0.3, -0.25) is 4.79 Å². The summed E-state index contributed by atoms with van der Waals surface area (Å²) in [5, 5.41) is 4.51. The van der Waals surface area contributed by atoms with Crippen molar-refractivity contribution in [1.82, 2.24) is 5.32 Å². The van der Waals surface area contributed by atoms with Crippen molar-refractivity contribution in [2.24, 2.45) is 0 Å². The molecular formula is C20H21NO6S. The number of hydrogen-bond donors (Lipinski definition) is 1. The maximum absolute atomic E-state index is 12.4. The molecule has 4 rings (SSSR count). The fourth-order valence-electron chi connectivity index (χ4n) is 3.77. The molecular weight excluding hydrogens is 382 g/mol. The van der Waals surface area contributed by atoms with Crippen molar-refractivity contribution in [1.29, 1.82) is 0 Å². The van der Waals surface area contributed by atoms with Crippen molar-refractivity contribution in [3.63, 3.8) is 0 Å². The van der Waals surface area contributed by atoms with Crippen LogP contribution in [0.3, 0.4) is 0 Å². The van der Waals surface area contributed by atoms with Crippen molar-refractivity contribution in [2.75, 3.05) is 11.5 Å². The summed E-state index contributed by atoms with van der Waals surface area (Å²) in [5.74, 6) is -0.175. The third-order valence-electron chi connectivity index (χ3n) is 5.37. The zero-order valence-electron chi connectivity index (χ0n) is 15.7. The number of fused-ring (bicyclic) bond motifs is 2. The summed E-state index contributed by atoms with van der Waals surface area (Å²) in [6.45, 7) is 3.79. The van der Waals surface area contributed by atoms with E-state index in [1.165, 1.54) is 0 Å². The van der Waals surface area contributed by atoms with Gasteiger partial charge in [0.15, 0.2) is 9.84 Å². The maximum atomic E-state index is 12.4. The van der Waals surface area contributed by atoms with Crippen LogP contribution in [0.25, 0.3) is 21.9 Å². The minimum Gasteiger partial charge on any atom is -0.464 e. The number of furan rings is 1. The van der Waals surface area contributed by atoms with Gasteiger partial charge in [0.05, 0.1) is 17.8 Å². The lowest BCUT2D eigenvalue weighted by molar-refractivity contribution is -0.121. The Labute approximate surface area is 161 Å². The normalized spacial score (nSPS) is 18.7. The summed E-state index contributed by atoms with van der Waals surface area (Å²) < 4.78 is 33.9. The molecule has 1 aliphatic heterocycles. The van der Waals surface area contributed by atoms with Crippen LogP contribution < -0.4 is 10.9 Å². The van der Waals surface area contributed by atoms with Gasteiger partial charge < -0.3 is 14.2 Å². The molecule has 1 aromatic carbocycles. The second-order valence-electron chi connectivity index (χ2n) is 7.42. The van der Waals surface area contributed by atoms with Gasteiger partial charge in [0.25, 0.3) is 0 Å². The van der Waals surface area contributed by atoms with Crippen LogP contribution in [0.5, 0.6) is 0 Å². The van der Waals surface area contributed by atoms with Crippen LogP contribution in [-0.2, 0) is 21.1 Å². The summed E-state index contributed by atoms with van der Waals surface area (Å²) in [6, 6.07) is 3.31. The lowest BCUT2D eigenvalue weighted by Gasteiger charge is -2.11. The standard InChI is InChI=1S/C20H21NO6S/c1-11-9-26-17-8-18-16(7-15(11)17)12(2)14(20(23)27-18)3-4-19(22)21-13-5-6-28(24,25)10-13/h7-9,13H,3-6,10H2,1-2H3,(H,21,22). The first-order valence-electron chi connectivity index (χ1n) is 9.17. The monoisotopic (exact) mass is 403 g/mol. The second kappa shape index (κ2) is 6.77. The number of carbonyl (C=O) groups excluding carboxylic acids is 1. The smallest absolute Gasteiger partial charge is 0.339 e. The Kier molecular flexibility index (Phi) is 4.53. The molecule has 0 bridgehead atoms. The zero-order chi connectivity index (χ0) is 20.1. The largest absolute Gasteiger partial charge is 0.464 e. The Hall–Kier alpha value is -2.61. The molecule has 1 fully saturated rings. The van der Waals surface area contributed by atoms with E-state index in [1.54, 1.807) is 12.3 Å². The van der Waals surface area contributed by atoms with Gasteiger partial charge in [-0.05, 0) is 43.9 Å². The van der Waals surface area contributed by atoms with Crippen LogP contribution in [0.4, 0.5) is 0 Å². The van der Waals surface area contributed by atoms with E-state index in [9.17, 15) is 18.0 Å². The Balaban J connectivity index is 1.56. The average Bonchev–Trinajstić information content (AvgIpc) is 3.15. The number of amides is 1. The Morgan fingerprint density at radius 3 is 2.71 bits per heavy atom. The minimum atomic E-state index is -3.05. The van der Waals surface area contributed by atoms with Gasteiger partial charge in [-0.1, -0.05) is 0 Å². The van der Waals surface area contributed by atoms with Crippen molar-refractivity contribution >= 4 is 37.7 Å². The van der Waals surface area contributed by atoms with Crippen LogP contribution in [0, 0.1) is 13.8 Å². The summed E-state index contributed by atoms with van der Waals surface area (Å²) in [5.41, 5.74) is 2.88. The van der Waals surface area contributed by atoms with E-state index in [0.717, 1.165) is 21.9 Å². The fraction of sp³-hybridized carbons (Fsp3) is 0.400. The quantitative estimate of drug-likeness (QED) is 0.671. The summed E-state index contributed by atoms with van der Waals surface area (Å²) in [6.07, 6.45) is 2.43. The predicted octanol–water partition coefficient (Wildman–Crippen LogP) is 2.39. The third-order valence-corrected chi connectivity index (χ3v) is 7.14. The molecule has 0 spiro atoms. The lowest BCUT2D eigenvalue weighted by Crippen LogP contribution is -2.35. The molecule has 1 unspecified atom stereocenters. The van der Waals surface area contributed by atoms with E-state index in [2.05, 4.69) is 5.32 Å². The van der Waals surface area contributed by atoms with Crippen molar-refractivity contribution in [2.45, 2.75) is 39.2 Å². The van der Waals surface area contributed by atoms with Gasteiger partial charge in [-0.25, -0.2) is 13.2 Å². The van der Waals surface area contributed by atoms with E-state index < -0.39 is 15.5 Å². The molecule has 0 saturated carbocycles. The van der Waals surface area contributed by atoms with Crippen LogP contribution in [0.1, 0.15) is 29.5 Å². The number of sulfone groups is 1. The average molecular weight is 403 g/mol. The Morgan fingerprint density at radius 1 is 1.21 bits per heavy atom. The number of aryl methyl sites for hydroxylation is 2. The first kappa shape index (κ1) is 18.7. The molecule has 7 nitrogen and oxygen atoms in total. The molecule has 1 amide bonds. The molecule has 8 heteroatoms. The fourth-order valence-corrected chi connectivity index (χ4v) is 5.45. The van der Waals surface area contributed by atoms with Gasteiger partial charge in [-0.2, -0.15) is 0 Å². The first-order chi connectivity index (χ1) is 13.2. The molecule has 1 aliphatic rings. The third kappa shape index (κ3) is 3.44. The summed E-state index contributed by atoms with van der Waals surface area (Å²) >= 11 is 0. The number of carbonyl (C=O) groups is 1. The van der Waals surface area contributed by atoms with Crippen molar-refractivity contribution < 1.29 is 22.0 Å². The Bertz CT molecular complexity index is 1250. The van der Waals surface area contributed by atoms with E-state index in [4.69, 9.17) is 8.83 Å². The Morgan fingerprint density at radius 2 is 2.00 bits per heavy atom. The van der Waals surface area contributed by atoms with E-state index in [1.807, 2.05) is 19.9 Å². The molecule has 3 heterocycles. The molecule has 1 N–H and O–H groups in total. The zero-order valence-corrected chi connectivity index (χ0v) is 16.5. The van der Waals surface area contributed by atoms with Gasteiger partial charge >= 0.3 is 5.63 Å². The van der Waals surface area contributed by atoms with Gasteiger partial charge in [0.1, 0.15) is 11.2 Å². The molecule has 1 saturated heterocycles. The highest BCUT2D eigenvalue weighted by atomic mass is 32.2. The minimum absolute atomic E-state index is 0.0179. The topological polar surface area (TPSA) is 107 Å². The number of rotatable bonds is 4. The van der Waals surface area contributed by atoms with Crippen molar-refractivity contribution in [3.8, 4) is 0 Å². The van der Waals surface area contributed by atoms with Gasteiger partial charge in [0, 0.05) is 34.9 Å². The van der Waals surface area contributed by atoms with Crippen molar-refractivity contribution in [3.05, 3.63) is 45.5 Å². The van der Waals surface area contributed by atoms with Crippen LogP contribution in [0.15, 0.2) is 32.0 Å². The maximum Gasteiger partial charge on any atom is 0.339 e. The van der Waals surface area contributed by atoms with E-state index in [-0.39, 0.29) is 36.3 Å². The highest BCUT2D eigenvalue weighted by molar-refractivity contribution is 7.91. The lowest BCUT2D eigenvalue weighted by atomic mass is 10.0. The van der Waals surface area contributed by atoms with Gasteiger partial charge in [-0.15, -0.1) is 0 Å². The SMILES string of the molecule is Cc1coc2cc3oc(=O)c(CCC(=O)NC4CCS(=O)(=O)C4)c(C)c3cc12. The highest BCUT2D eigenvalue weighted by Gasteiger charge is 2.28. The van der Waals surface area contributed by atoms with Crippen LogP contribution in [0.2, 0.25) is 0 Å². The molecule has 0 aliphatic carbocycles. The summed E-state index contributed by atoms with van der Waals surface area (Å²) in [4.78, 5) is 24.6. The molecule has 1 atom stereocenters. The van der Waals surface area contributed by atoms with Gasteiger partial charge in [0.2, 0.25) is 5.91 Å². The highest BCUT2D eigenvalue weighted by Crippen LogP contribution is 2.29. The van der Waals surface area contributed by atoms with E-state index in [0.29, 0.717) is 23.2 Å². The van der Waals surface area contributed by atoms with Crippen LogP contribution in [-0.4, -0.2) is 31.9 Å². The molecule has 3 aromatic rings. The number of hydrogen-bond acceptors (Lipinski definition) is 6. The van der Waals surface area contributed by atoms with Crippen LogP contribution >= 0.6 is 0 Å². The molecule has 148 valence electrons. The second-order valence-corrected chi connectivity index (χ2v) is 9.65. The molecule has 2 aromatic heterocycles. The van der Waals surface area contributed by atoms with E-state index >= 15 is 0 Å². The molecule has 28 heavy (non-hydrogen) atoms. The molecule has 0 radical (unpaired) electrons. The summed E-state index contributed by atoms with van der Waals surface area (Å²) in [7, 11) is -3.05. The number of benzene rings is 1. The first-order valence-corrected chi connectivity index (χ1v) is 11.0. The predicted molar refractivity (Wildman–Crippen MR) is 105 cm³/mol.